The molecule has 1 aromatic rings. The molecule has 0 amide bonds. The van der Waals surface area contributed by atoms with Crippen LogP contribution in [0.15, 0.2) is 18.2 Å². The first-order valence-corrected chi connectivity index (χ1v) is 7.47. The van der Waals surface area contributed by atoms with Crippen molar-refractivity contribution in [3.05, 3.63) is 34.3 Å². The third kappa shape index (κ3) is 5.41. The summed E-state index contributed by atoms with van der Waals surface area (Å²) in [5, 5.41) is 10.9. The lowest BCUT2D eigenvalue weighted by Gasteiger charge is -2.12. The monoisotopic (exact) mass is 268 g/mol. The van der Waals surface area contributed by atoms with Gasteiger partial charge in [-0.1, -0.05) is 69.2 Å². The Morgan fingerprint density at radius 3 is 2.44 bits per heavy atom. The molecule has 1 rings (SSSR count). The van der Waals surface area contributed by atoms with E-state index in [1.54, 1.807) is 0 Å². The Balaban J connectivity index is 2.27. The second kappa shape index (κ2) is 8.55. The predicted molar refractivity (Wildman–Crippen MR) is 79.1 cm³/mol. The molecule has 102 valence electrons. The first-order valence-electron chi connectivity index (χ1n) is 7.09. The van der Waals surface area contributed by atoms with Crippen molar-refractivity contribution in [3.8, 4) is 0 Å². The van der Waals surface area contributed by atoms with E-state index in [0.717, 1.165) is 29.0 Å². The molecule has 0 saturated carbocycles. The van der Waals surface area contributed by atoms with Gasteiger partial charge in [-0.2, -0.15) is 0 Å². The highest BCUT2D eigenvalue weighted by Crippen LogP contribution is 2.24. The number of aliphatic hydroxyl groups excluding tert-OH is 1. The Kier molecular flexibility index (Phi) is 7.38. The van der Waals surface area contributed by atoms with Crippen molar-refractivity contribution < 1.29 is 5.11 Å². The third-order valence-corrected chi connectivity index (χ3v) is 3.82. The summed E-state index contributed by atoms with van der Waals surface area (Å²) >= 11 is 5.98. The van der Waals surface area contributed by atoms with Crippen LogP contribution in [-0.2, 0) is 0 Å². The minimum atomic E-state index is -0.341. The number of benzene rings is 1. The number of aryl methyl sites for hydroxylation is 1. The summed E-state index contributed by atoms with van der Waals surface area (Å²) in [5.74, 6) is 0. The number of hydrogen-bond donors (Lipinski definition) is 1. The zero-order valence-electron chi connectivity index (χ0n) is 11.6. The smallest absolute Gasteiger partial charge is 0.0790 e. The van der Waals surface area contributed by atoms with Crippen LogP contribution in [0.3, 0.4) is 0 Å². The number of halogens is 1. The van der Waals surface area contributed by atoms with Gasteiger partial charge in [-0.25, -0.2) is 0 Å². The molecule has 0 bridgehead atoms. The third-order valence-electron chi connectivity index (χ3n) is 3.40. The summed E-state index contributed by atoms with van der Waals surface area (Å²) in [4.78, 5) is 0. The van der Waals surface area contributed by atoms with Crippen molar-refractivity contribution in [1.29, 1.82) is 0 Å². The van der Waals surface area contributed by atoms with Crippen LogP contribution in [0.2, 0.25) is 5.02 Å². The Morgan fingerprint density at radius 2 is 1.78 bits per heavy atom. The van der Waals surface area contributed by atoms with Gasteiger partial charge in [-0.3, -0.25) is 0 Å². The van der Waals surface area contributed by atoms with Crippen molar-refractivity contribution in [2.45, 2.75) is 64.9 Å². The van der Waals surface area contributed by atoms with E-state index >= 15 is 0 Å². The highest BCUT2D eigenvalue weighted by Gasteiger charge is 2.08. The van der Waals surface area contributed by atoms with E-state index < -0.39 is 0 Å². The second-order valence-corrected chi connectivity index (χ2v) is 5.49. The van der Waals surface area contributed by atoms with Crippen LogP contribution in [-0.4, -0.2) is 5.11 Å². The average Bonchev–Trinajstić information content (AvgIpc) is 2.36. The van der Waals surface area contributed by atoms with E-state index in [1.807, 2.05) is 25.1 Å². The number of aliphatic hydroxyl groups is 1. The molecular weight excluding hydrogens is 244 g/mol. The molecule has 1 atom stereocenters. The molecule has 0 aliphatic rings. The second-order valence-electron chi connectivity index (χ2n) is 5.08. The quantitative estimate of drug-likeness (QED) is 0.623. The van der Waals surface area contributed by atoms with Crippen LogP contribution < -0.4 is 0 Å². The van der Waals surface area contributed by atoms with Crippen LogP contribution in [0.4, 0.5) is 0 Å². The van der Waals surface area contributed by atoms with E-state index in [9.17, 15) is 5.11 Å². The molecule has 0 aliphatic heterocycles. The predicted octanol–water partition coefficient (Wildman–Crippen LogP) is 5.43. The number of rotatable bonds is 8. The summed E-state index contributed by atoms with van der Waals surface area (Å²) in [7, 11) is 0. The fourth-order valence-corrected chi connectivity index (χ4v) is 2.28. The zero-order chi connectivity index (χ0) is 13.4. The average molecular weight is 269 g/mol. The molecular formula is C16H25ClO. The van der Waals surface area contributed by atoms with Gasteiger partial charge in [0.15, 0.2) is 0 Å². The molecule has 0 aliphatic carbocycles. The Morgan fingerprint density at radius 1 is 1.11 bits per heavy atom. The zero-order valence-corrected chi connectivity index (χ0v) is 12.3. The molecule has 18 heavy (non-hydrogen) atoms. The maximum Gasteiger partial charge on any atom is 0.0790 e. The van der Waals surface area contributed by atoms with Crippen molar-refractivity contribution in [1.82, 2.24) is 0 Å². The molecule has 0 heterocycles. The number of hydrogen-bond acceptors (Lipinski definition) is 1. The van der Waals surface area contributed by atoms with Gasteiger partial charge < -0.3 is 5.11 Å². The Bertz CT molecular complexity index is 349. The van der Waals surface area contributed by atoms with Gasteiger partial charge in [0.1, 0.15) is 0 Å². The molecule has 0 fully saturated rings. The van der Waals surface area contributed by atoms with Gasteiger partial charge in [0.2, 0.25) is 0 Å². The Labute approximate surface area is 116 Å². The lowest BCUT2D eigenvalue weighted by atomic mass is 10.0. The van der Waals surface area contributed by atoms with Crippen molar-refractivity contribution in [2.75, 3.05) is 0 Å². The fraction of sp³-hybridized carbons (Fsp3) is 0.625. The molecule has 0 radical (unpaired) electrons. The van der Waals surface area contributed by atoms with Crippen LogP contribution >= 0.6 is 11.6 Å². The minimum absolute atomic E-state index is 0.341. The molecule has 1 aromatic carbocycles. The summed E-state index contributed by atoms with van der Waals surface area (Å²) in [6, 6.07) is 5.79. The van der Waals surface area contributed by atoms with E-state index in [-0.39, 0.29) is 6.10 Å². The van der Waals surface area contributed by atoms with Gasteiger partial charge in [0.05, 0.1) is 6.10 Å². The van der Waals surface area contributed by atoms with Gasteiger partial charge >= 0.3 is 0 Å². The van der Waals surface area contributed by atoms with Crippen LogP contribution in [0.5, 0.6) is 0 Å². The summed E-state index contributed by atoms with van der Waals surface area (Å²) in [6.07, 6.45) is 8.08. The van der Waals surface area contributed by atoms with Crippen LogP contribution in [0.25, 0.3) is 0 Å². The normalized spacial score (nSPS) is 12.7. The Hall–Kier alpha value is -0.530. The molecule has 1 nitrogen and oxygen atoms in total. The molecule has 1 unspecified atom stereocenters. The molecule has 0 spiro atoms. The van der Waals surface area contributed by atoms with Gasteiger partial charge in [-0.15, -0.1) is 0 Å². The van der Waals surface area contributed by atoms with E-state index in [0.29, 0.717) is 0 Å². The topological polar surface area (TPSA) is 20.2 Å². The lowest BCUT2D eigenvalue weighted by Crippen LogP contribution is -1.98. The first-order chi connectivity index (χ1) is 8.65. The SMILES string of the molecule is CCCCCCCCC(O)c1ccc(Cl)c(C)c1. The lowest BCUT2D eigenvalue weighted by molar-refractivity contribution is 0.163. The maximum atomic E-state index is 10.1. The first kappa shape index (κ1) is 15.5. The molecule has 1 N–H and O–H groups in total. The summed E-state index contributed by atoms with van der Waals surface area (Å²) < 4.78 is 0. The summed E-state index contributed by atoms with van der Waals surface area (Å²) in [5.41, 5.74) is 2.03. The van der Waals surface area contributed by atoms with Crippen molar-refractivity contribution >= 4 is 11.6 Å². The highest BCUT2D eigenvalue weighted by molar-refractivity contribution is 6.31. The van der Waals surface area contributed by atoms with E-state index in [2.05, 4.69) is 6.92 Å². The largest absolute Gasteiger partial charge is 0.388 e. The molecule has 0 aromatic heterocycles. The van der Waals surface area contributed by atoms with E-state index in [1.165, 1.54) is 32.1 Å². The van der Waals surface area contributed by atoms with Crippen LogP contribution in [0, 0.1) is 6.92 Å². The molecule has 2 heteroatoms. The van der Waals surface area contributed by atoms with Gasteiger partial charge in [0, 0.05) is 5.02 Å². The van der Waals surface area contributed by atoms with Crippen LogP contribution in [0.1, 0.15) is 69.1 Å². The maximum absolute atomic E-state index is 10.1. The van der Waals surface area contributed by atoms with Crippen molar-refractivity contribution in [3.63, 3.8) is 0 Å². The van der Waals surface area contributed by atoms with Crippen molar-refractivity contribution in [2.24, 2.45) is 0 Å². The molecule has 0 saturated heterocycles. The minimum Gasteiger partial charge on any atom is -0.388 e. The van der Waals surface area contributed by atoms with E-state index in [4.69, 9.17) is 11.6 Å². The fourth-order valence-electron chi connectivity index (χ4n) is 2.16. The van der Waals surface area contributed by atoms with Gasteiger partial charge in [-0.05, 0) is 30.5 Å². The number of unbranched alkanes of at least 4 members (excludes halogenated alkanes) is 5. The summed E-state index contributed by atoms with van der Waals surface area (Å²) in [6.45, 7) is 4.20. The van der Waals surface area contributed by atoms with Gasteiger partial charge in [0.25, 0.3) is 0 Å². The standard InChI is InChI=1S/C16H25ClO/c1-3-4-5-6-7-8-9-16(18)14-10-11-15(17)13(2)12-14/h10-12,16,18H,3-9H2,1-2H3. The highest BCUT2D eigenvalue weighted by atomic mass is 35.5.